The van der Waals surface area contributed by atoms with E-state index in [4.69, 9.17) is 28.4 Å². The fourth-order valence-electron chi connectivity index (χ4n) is 7.23. The van der Waals surface area contributed by atoms with Crippen LogP contribution >= 0.6 is 0 Å². The molecule has 0 amide bonds. The van der Waals surface area contributed by atoms with Gasteiger partial charge in [-0.2, -0.15) is 0 Å². The molecule has 372 valence electrons. The molecular weight excluding hydrogens is 952 g/mol. The zero-order chi connectivity index (χ0) is 51.8. The Morgan fingerprint density at radius 3 is 1.53 bits per heavy atom. The molecule has 1 fully saturated rings. The number of cyclic esters (lactones) is 1. The number of esters is 6. The number of benzene rings is 4. The number of aliphatic hydroxyl groups excluding tert-OH is 1. The van der Waals surface area contributed by atoms with E-state index in [9.17, 15) is 105 Å². The zero-order valence-corrected chi connectivity index (χ0v) is 35.1. The van der Waals surface area contributed by atoms with E-state index in [1.165, 1.54) is 0 Å². The summed E-state index contributed by atoms with van der Waals surface area (Å²) in [6.45, 7) is -1.32. The van der Waals surface area contributed by atoms with Gasteiger partial charge in [0.1, 0.15) is 12.7 Å². The Hall–Kier alpha value is -9.31. The van der Waals surface area contributed by atoms with Gasteiger partial charge in [0.25, 0.3) is 0 Å². The van der Waals surface area contributed by atoms with Crippen molar-refractivity contribution in [3.05, 3.63) is 70.3 Å². The van der Waals surface area contributed by atoms with Crippen LogP contribution in [-0.2, 0) is 47.5 Å². The van der Waals surface area contributed by atoms with Crippen LogP contribution in [-0.4, -0.2) is 164 Å². The highest BCUT2D eigenvalue weighted by Gasteiger charge is 2.55. The summed E-state index contributed by atoms with van der Waals surface area (Å²) in [6, 6.07) is 3.87. The number of carboxylic acid groups (broad SMARTS) is 1. The molecule has 2 heterocycles. The van der Waals surface area contributed by atoms with Gasteiger partial charge < -0.3 is 105 Å². The van der Waals surface area contributed by atoms with Gasteiger partial charge in [0.05, 0.1) is 47.6 Å². The fraction of sp³-hybridized carbons (Fsp3) is 0.262. The first kappa shape index (κ1) is 50.1. The standard InChI is InChI=1S/C42H36O28/c1-64-41(63)34-26(25-14(39(61)68-34)8-22(49)30(55)31(25)56)15(9-24(50)51)40(62)67-33-23(10-65-36(58)11-2-16(43)27(52)17(44)3-11)66-42(70-38(60)13-6-20(47)29(54)21(48)7-13)32(57)35(33)69-37(59)12-4-18(45)28(53)19(46)5-12/h2-8,15,23,26,32-35,42-49,52-57H,9-10H2,1H3,(H,50,51)/t15?,23-,26?,32-,33-,34?,35-,42+/m1/s1. The highest BCUT2D eigenvalue weighted by Crippen LogP contribution is 2.50. The minimum absolute atomic E-state index is 0.518. The molecule has 2 aliphatic rings. The van der Waals surface area contributed by atoms with Crippen molar-refractivity contribution in [2.45, 2.75) is 49.1 Å². The van der Waals surface area contributed by atoms with Gasteiger partial charge in [-0.3, -0.25) is 9.59 Å². The summed E-state index contributed by atoms with van der Waals surface area (Å²) >= 11 is 0. The number of hydrogen-bond acceptors (Lipinski definition) is 27. The summed E-state index contributed by atoms with van der Waals surface area (Å²) in [4.78, 5) is 93.8. The van der Waals surface area contributed by atoms with Crippen LogP contribution in [0.5, 0.6) is 69.0 Å². The van der Waals surface area contributed by atoms with E-state index in [1.54, 1.807) is 0 Å². The largest absolute Gasteiger partial charge is 0.504 e. The van der Waals surface area contributed by atoms with Crippen LogP contribution in [0, 0.1) is 5.92 Å². The number of carbonyl (C=O) groups excluding carboxylic acids is 6. The second kappa shape index (κ2) is 19.5. The molecule has 8 atom stereocenters. The molecule has 0 saturated carbocycles. The number of aliphatic carboxylic acids is 1. The smallest absolute Gasteiger partial charge is 0.347 e. The lowest BCUT2D eigenvalue weighted by Crippen LogP contribution is -2.62. The molecule has 1 saturated heterocycles. The van der Waals surface area contributed by atoms with Crippen LogP contribution in [0.2, 0.25) is 0 Å². The molecule has 6 rings (SSSR count). The fourth-order valence-corrected chi connectivity index (χ4v) is 7.23. The Morgan fingerprint density at radius 2 is 1.06 bits per heavy atom. The number of methoxy groups -OCH3 is 1. The second-order valence-corrected chi connectivity index (χ2v) is 15.0. The van der Waals surface area contributed by atoms with Crippen LogP contribution < -0.4 is 0 Å². The summed E-state index contributed by atoms with van der Waals surface area (Å²) in [5, 5.41) is 143. The maximum absolute atomic E-state index is 14.7. The maximum atomic E-state index is 14.7. The van der Waals surface area contributed by atoms with E-state index in [-0.39, 0.29) is 0 Å². The number of aromatic hydroxyl groups is 12. The van der Waals surface area contributed by atoms with Crippen LogP contribution in [0.15, 0.2) is 42.5 Å². The lowest BCUT2D eigenvalue weighted by molar-refractivity contribution is -0.288. The minimum Gasteiger partial charge on any atom is -0.504 e. The number of carbonyl (C=O) groups is 7. The van der Waals surface area contributed by atoms with Gasteiger partial charge in [0, 0.05) is 5.56 Å². The molecule has 0 aromatic heterocycles. The molecule has 0 radical (unpaired) electrons. The van der Waals surface area contributed by atoms with E-state index in [2.05, 4.69) is 4.74 Å². The monoisotopic (exact) mass is 988 g/mol. The Labute approximate surface area is 387 Å². The molecule has 4 aromatic carbocycles. The van der Waals surface area contributed by atoms with Crippen molar-refractivity contribution >= 4 is 41.8 Å². The third-order valence-corrected chi connectivity index (χ3v) is 10.6. The summed E-state index contributed by atoms with van der Waals surface area (Å²) in [5.41, 5.74) is -4.01. The third-order valence-electron chi connectivity index (χ3n) is 10.6. The van der Waals surface area contributed by atoms with E-state index in [1.807, 2.05) is 0 Å². The van der Waals surface area contributed by atoms with Gasteiger partial charge >= 0.3 is 41.8 Å². The molecule has 28 heteroatoms. The molecule has 70 heavy (non-hydrogen) atoms. The van der Waals surface area contributed by atoms with Gasteiger partial charge in [-0.15, -0.1) is 0 Å². The van der Waals surface area contributed by atoms with E-state index in [0.29, 0.717) is 42.5 Å². The van der Waals surface area contributed by atoms with Crippen LogP contribution in [0.4, 0.5) is 0 Å². The number of rotatable bonds is 13. The third kappa shape index (κ3) is 9.73. The van der Waals surface area contributed by atoms with Gasteiger partial charge in [0.2, 0.25) is 18.1 Å². The predicted octanol–water partition coefficient (Wildman–Crippen LogP) is -0.0225. The van der Waals surface area contributed by atoms with E-state index in [0.717, 1.165) is 7.11 Å². The normalized spacial score (nSPS) is 20.9. The SMILES string of the molecule is COC(=O)C1OC(=O)c2cc(O)c(O)c(O)c2C1C(CC(=O)O)C(=O)O[C@H]1[C@H](OC(=O)c2cc(O)c(O)c(O)c2)[C@@H](O)[C@H](OC(=O)c2cc(O)c(O)c(O)c2)O[C@@H]1COC(=O)c1cc(O)c(O)c(O)c1. The Balaban J connectivity index is 1.49. The lowest BCUT2D eigenvalue weighted by Gasteiger charge is -2.43. The van der Waals surface area contributed by atoms with Crippen molar-refractivity contribution in [2.75, 3.05) is 13.7 Å². The molecule has 2 aliphatic heterocycles. The van der Waals surface area contributed by atoms with Crippen molar-refractivity contribution in [3.63, 3.8) is 0 Å². The number of aliphatic hydroxyl groups is 1. The molecule has 28 nitrogen and oxygen atoms in total. The van der Waals surface area contributed by atoms with Crippen LogP contribution in [0.3, 0.4) is 0 Å². The number of ether oxygens (including phenoxy) is 7. The summed E-state index contributed by atoms with van der Waals surface area (Å²) < 4.78 is 37.1. The lowest BCUT2D eigenvalue weighted by atomic mass is 9.75. The first-order valence-electron chi connectivity index (χ1n) is 19.5. The average Bonchev–Trinajstić information content (AvgIpc) is 3.30. The number of phenolic OH excluding ortho intramolecular Hbond substituents is 12. The highest BCUT2D eigenvalue weighted by molar-refractivity contribution is 5.99. The second-order valence-electron chi connectivity index (χ2n) is 15.0. The molecule has 14 N–H and O–H groups in total. The molecule has 0 aliphatic carbocycles. The predicted molar refractivity (Wildman–Crippen MR) is 215 cm³/mol. The van der Waals surface area contributed by atoms with Gasteiger partial charge in [0.15, 0.2) is 81.6 Å². The first-order chi connectivity index (χ1) is 32.8. The summed E-state index contributed by atoms with van der Waals surface area (Å²) in [5.74, 6) is -29.9. The molecule has 0 bridgehead atoms. The summed E-state index contributed by atoms with van der Waals surface area (Å²) in [6.07, 6.45) is -16.3. The van der Waals surface area contributed by atoms with Crippen molar-refractivity contribution in [3.8, 4) is 69.0 Å². The topological polar surface area (TPSA) is 467 Å². The van der Waals surface area contributed by atoms with E-state index < -0.39 is 200 Å². The first-order valence-corrected chi connectivity index (χ1v) is 19.5. The number of phenols is 12. The number of carboxylic acids is 1. The Kier molecular flexibility index (Phi) is 14.0. The maximum Gasteiger partial charge on any atom is 0.347 e. The molecule has 0 spiro atoms. The van der Waals surface area contributed by atoms with Crippen molar-refractivity contribution < 1.29 is 138 Å². The molecular formula is C42H36O28. The molecule has 3 unspecified atom stereocenters. The van der Waals surface area contributed by atoms with Crippen LogP contribution in [0.25, 0.3) is 0 Å². The highest BCUT2D eigenvalue weighted by atomic mass is 16.7. The zero-order valence-electron chi connectivity index (χ0n) is 35.1. The van der Waals surface area contributed by atoms with Crippen LogP contribution in [0.1, 0.15) is 59.3 Å². The van der Waals surface area contributed by atoms with E-state index >= 15 is 0 Å². The summed E-state index contributed by atoms with van der Waals surface area (Å²) in [7, 11) is 0.762. The Bertz CT molecular complexity index is 2750. The Morgan fingerprint density at radius 1 is 0.600 bits per heavy atom. The van der Waals surface area contributed by atoms with Gasteiger partial charge in [-0.05, 0) is 42.5 Å². The van der Waals surface area contributed by atoms with Crippen molar-refractivity contribution in [1.29, 1.82) is 0 Å². The van der Waals surface area contributed by atoms with Gasteiger partial charge in [-0.25, -0.2) is 24.0 Å². The van der Waals surface area contributed by atoms with Crippen molar-refractivity contribution in [1.82, 2.24) is 0 Å². The minimum atomic E-state index is -2.65. The number of hydrogen-bond donors (Lipinski definition) is 14. The number of fused-ring (bicyclic) bond motifs is 1. The average molecular weight is 989 g/mol. The van der Waals surface area contributed by atoms with Gasteiger partial charge in [-0.1, -0.05) is 0 Å². The molecule has 4 aromatic rings. The van der Waals surface area contributed by atoms with Crippen molar-refractivity contribution in [2.24, 2.45) is 5.92 Å². The quantitative estimate of drug-likeness (QED) is 0.0475.